The molecule has 0 bridgehead atoms. The quantitative estimate of drug-likeness (QED) is 0.926. The number of hydrogen-bond donors (Lipinski definition) is 1. The average Bonchev–Trinajstić information content (AvgIpc) is 2.97. The van der Waals surface area contributed by atoms with Gasteiger partial charge in [-0.1, -0.05) is 0 Å². The van der Waals surface area contributed by atoms with E-state index in [2.05, 4.69) is 15.2 Å². The molecule has 3 rings (SSSR count). The Morgan fingerprint density at radius 1 is 1.15 bits per heavy atom. The van der Waals surface area contributed by atoms with E-state index in [0.29, 0.717) is 0 Å². The van der Waals surface area contributed by atoms with E-state index in [4.69, 9.17) is 0 Å². The van der Waals surface area contributed by atoms with Crippen molar-refractivity contribution >= 4 is 22.2 Å². The van der Waals surface area contributed by atoms with Crippen LogP contribution >= 0.6 is 11.3 Å². The number of halogens is 1. The number of nitrogens with one attached hydrogen (secondary N) is 1. The van der Waals surface area contributed by atoms with Gasteiger partial charge >= 0.3 is 0 Å². The highest BCUT2D eigenvalue weighted by Crippen LogP contribution is 2.26. The highest BCUT2D eigenvalue weighted by Gasteiger charge is 2.14. The minimum Gasteiger partial charge on any atom is -0.380 e. The molecule has 1 aliphatic heterocycles. The Bertz CT molecular complexity index is 547. The topological polar surface area (TPSA) is 28.2 Å². The molecule has 0 spiro atoms. The number of rotatable bonds is 4. The second kappa shape index (κ2) is 6.22. The summed E-state index contributed by atoms with van der Waals surface area (Å²) >= 11 is 1.74. The van der Waals surface area contributed by atoms with Gasteiger partial charge in [0.15, 0.2) is 5.13 Å². The van der Waals surface area contributed by atoms with E-state index in [1.54, 1.807) is 23.5 Å². The summed E-state index contributed by atoms with van der Waals surface area (Å²) in [6.07, 6.45) is 5.80. The van der Waals surface area contributed by atoms with Crippen molar-refractivity contribution in [3.63, 3.8) is 0 Å². The van der Waals surface area contributed by atoms with E-state index in [9.17, 15) is 4.39 Å². The predicted octanol–water partition coefficient (Wildman–Crippen LogP) is 3.88. The zero-order chi connectivity index (χ0) is 13.8. The number of nitrogens with zero attached hydrogens (tertiary/aromatic N) is 2. The monoisotopic (exact) mass is 291 g/mol. The van der Waals surface area contributed by atoms with E-state index in [1.807, 2.05) is 6.20 Å². The molecule has 1 aromatic carbocycles. The molecule has 1 aliphatic rings. The summed E-state index contributed by atoms with van der Waals surface area (Å²) < 4.78 is 12.8. The SMILES string of the molecule is Fc1ccc(NCc2cnc(N3CCCCC3)s2)cc1. The summed E-state index contributed by atoms with van der Waals surface area (Å²) in [6.45, 7) is 2.98. The first-order valence-electron chi connectivity index (χ1n) is 7.00. The van der Waals surface area contributed by atoms with E-state index in [1.165, 1.54) is 36.3 Å². The second-order valence-electron chi connectivity index (χ2n) is 5.02. The Morgan fingerprint density at radius 2 is 1.90 bits per heavy atom. The average molecular weight is 291 g/mol. The lowest BCUT2D eigenvalue weighted by Crippen LogP contribution is -2.29. The van der Waals surface area contributed by atoms with Crippen LogP contribution in [0.1, 0.15) is 24.1 Å². The lowest BCUT2D eigenvalue weighted by molar-refractivity contribution is 0.577. The largest absolute Gasteiger partial charge is 0.380 e. The Morgan fingerprint density at radius 3 is 2.65 bits per heavy atom. The Kier molecular flexibility index (Phi) is 4.16. The summed E-state index contributed by atoms with van der Waals surface area (Å²) in [5, 5.41) is 4.42. The van der Waals surface area contributed by atoms with Gasteiger partial charge < -0.3 is 10.2 Å². The highest BCUT2D eigenvalue weighted by atomic mass is 32.1. The first-order valence-corrected chi connectivity index (χ1v) is 7.82. The van der Waals surface area contributed by atoms with Gasteiger partial charge in [0.05, 0.1) is 6.54 Å². The first kappa shape index (κ1) is 13.4. The van der Waals surface area contributed by atoms with Crippen LogP contribution in [-0.4, -0.2) is 18.1 Å². The molecule has 0 radical (unpaired) electrons. The van der Waals surface area contributed by atoms with Crippen molar-refractivity contribution in [2.75, 3.05) is 23.3 Å². The van der Waals surface area contributed by atoms with Crippen molar-refractivity contribution in [1.29, 1.82) is 0 Å². The van der Waals surface area contributed by atoms with E-state index in [-0.39, 0.29) is 5.82 Å². The third-order valence-electron chi connectivity index (χ3n) is 3.48. The molecule has 1 fully saturated rings. The fourth-order valence-electron chi connectivity index (χ4n) is 2.37. The molecular formula is C15H18FN3S. The molecule has 20 heavy (non-hydrogen) atoms. The maximum absolute atomic E-state index is 12.8. The van der Waals surface area contributed by atoms with Crippen LogP contribution in [0.4, 0.5) is 15.2 Å². The summed E-state index contributed by atoms with van der Waals surface area (Å²) in [4.78, 5) is 8.08. The highest BCUT2D eigenvalue weighted by molar-refractivity contribution is 7.15. The van der Waals surface area contributed by atoms with Crippen molar-refractivity contribution in [3.8, 4) is 0 Å². The summed E-state index contributed by atoms with van der Waals surface area (Å²) in [6, 6.07) is 6.44. The molecule has 0 atom stereocenters. The van der Waals surface area contributed by atoms with Crippen molar-refractivity contribution in [1.82, 2.24) is 4.98 Å². The van der Waals surface area contributed by atoms with Crippen LogP contribution in [0, 0.1) is 5.82 Å². The summed E-state index contributed by atoms with van der Waals surface area (Å²) in [7, 11) is 0. The zero-order valence-electron chi connectivity index (χ0n) is 11.3. The van der Waals surface area contributed by atoms with Gasteiger partial charge in [-0.25, -0.2) is 9.37 Å². The van der Waals surface area contributed by atoms with Crippen LogP contribution < -0.4 is 10.2 Å². The summed E-state index contributed by atoms with van der Waals surface area (Å²) in [5.74, 6) is -0.208. The molecule has 1 N–H and O–H groups in total. The predicted molar refractivity (Wildman–Crippen MR) is 81.9 cm³/mol. The van der Waals surface area contributed by atoms with E-state index < -0.39 is 0 Å². The smallest absolute Gasteiger partial charge is 0.185 e. The Balaban J connectivity index is 1.58. The minimum absolute atomic E-state index is 0.208. The van der Waals surface area contributed by atoms with Crippen molar-refractivity contribution in [2.45, 2.75) is 25.8 Å². The molecule has 2 heterocycles. The van der Waals surface area contributed by atoms with Gasteiger partial charge in [-0.3, -0.25) is 0 Å². The standard InChI is InChI=1S/C15H18FN3S/c16-12-4-6-13(7-5-12)17-10-14-11-18-15(20-14)19-8-2-1-3-9-19/h4-7,11,17H,1-3,8-10H2. The third-order valence-corrected chi connectivity index (χ3v) is 4.54. The zero-order valence-corrected chi connectivity index (χ0v) is 12.1. The molecule has 5 heteroatoms. The molecule has 0 amide bonds. The van der Waals surface area contributed by atoms with Gasteiger partial charge in [0.1, 0.15) is 5.82 Å². The second-order valence-corrected chi connectivity index (χ2v) is 6.11. The maximum Gasteiger partial charge on any atom is 0.185 e. The lowest BCUT2D eigenvalue weighted by atomic mass is 10.1. The van der Waals surface area contributed by atoms with Gasteiger partial charge in [0.25, 0.3) is 0 Å². The molecule has 0 unspecified atom stereocenters. The van der Waals surface area contributed by atoms with Crippen LogP contribution in [0.2, 0.25) is 0 Å². The van der Waals surface area contributed by atoms with Crippen molar-refractivity contribution in [2.24, 2.45) is 0 Å². The molecule has 0 saturated carbocycles. The van der Waals surface area contributed by atoms with Gasteiger partial charge in [-0.2, -0.15) is 0 Å². The van der Waals surface area contributed by atoms with Crippen LogP contribution in [0.3, 0.4) is 0 Å². The van der Waals surface area contributed by atoms with Crippen LogP contribution in [0.5, 0.6) is 0 Å². The number of hydrogen-bond acceptors (Lipinski definition) is 4. The number of benzene rings is 1. The van der Waals surface area contributed by atoms with Gasteiger partial charge in [-0.15, -0.1) is 11.3 Å². The number of aromatic nitrogens is 1. The summed E-state index contributed by atoms with van der Waals surface area (Å²) in [5.41, 5.74) is 0.930. The first-order chi connectivity index (χ1) is 9.81. The molecule has 1 saturated heterocycles. The molecule has 3 nitrogen and oxygen atoms in total. The molecule has 1 aromatic heterocycles. The maximum atomic E-state index is 12.8. The van der Waals surface area contributed by atoms with Crippen LogP contribution in [0.15, 0.2) is 30.5 Å². The van der Waals surface area contributed by atoms with E-state index >= 15 is 0 Å². The van der Waals surface area contributed by atoms with Crippen molar-refractivity contribution < 1.29 is 4.39 Å². The molecule has 106 valence electrons. The molecular weight excluding hydrogens is 273 g/mol. The number of piperidine rings is 1. The van der Waals surface area contributed by atoms with Crippen LogP contribution in [0.25, 0.3) is 0 Å². The van der Waals surface area contributed by atoms with Gasteiger partial charge in [-0.05, 0) is 43.5 Å². The normalized spacial score (nSPS) is 15.3. The van der Waals surface area contributed by atoms with Crippen molar-refractivity contribution in [3.05, 3.63) is 41.2 Å². The fourth-order valence-corrected chi connectivity index (χ4v) is 3.27. The third kappa shape index (κ3) is 3.28. The lowest BCUT2D eigenvalue weighted by Gasteiger charge is -2.25. The Labute approximate surface area is 122 Å². The fraction of sp³-hybridized carbons (Fsp3) is 0.400. The van der Waals surface area contributed by atoms with Gasteiger partial charge in [0, 0.05) is 29.9 Å². The van der Waals surface area contributed by atoms with E-state index in [0.717, 1.165) is 30.5 Å². The molecule has 0 aliphatic carbocycles. The molecule has 2 aromatic rings. The minimum atomic E-state index is -0.208. The van der Waals surface area contributed by atoms with Crippen LogP contribution in [-0.2, 0) is 6.54 Å². The Hall–Kier alpha value is -1.62. The number of thiazole rings is 1. The number of anilines is 2. The van der Waals surface area contributed by atoms with Gasteiger partial charge in [0.2, 0.25) is 0 Å².